The first-order valence-corrected chi connectivity index (χ1v) is 5.86. The second-order valence-electron chi connectivity index (χ2n) is 4.38. The highest BCUT2D eigenvalue weighted by Gasteiger charge is 2.18. The average Bonchev–Trinajstić information content (AvgIpc) is 2.76. The number of fused-ring (bicyclic) bond motifs is 1. The Morgan fingerprint density at radius 1 is 1.18 bits per heavy atom. The highest BCUT2D eigenvalue weighted by molar-refractivity contribution is 5.57. The molecule has 17 heavy (non-hydrogen) atoms. The van der Waals surface area contributed by atoms with E-state index in [1.165, 1.54) is 11.3 Å². The van der Waals surface area contributed by atoms with Gasteiger partial charge in [-0.05, 0) is 30.2 Å². The van der Waals surface area contributed by atoms with Crippen LogP contribution in [0, 0.1) is 0 Å². The lowest BCUT2D eigenvalue weighted by molar-refractivity contribution is 0.815. The molecule has 0 fully saturated rings. The summed E-state index contributed by atoms with van der Waals surface area (Å²) >= 11 is 0. The van der Waals surface area contributed by atoms with Crippen molar-refractivity contribution in [1.29, 1.82) is 0 Å². The van der Waals surface area contributed by atoms with Crippen LogP contribution in [0.25, 0.3) is 0 Å². The van der Waals surface area contributed by atoms with Crippen LogP contribution in [0.5, 0.6) is 0 Å². The summed E-state index contributed by atoms with van der Waals surface area (Å²) in [5, 5.41) is 0. The van der Waals surface area contributed by atoms with Crippen LogP contribution in [0.1, 0.15) is 11.3 Å². The number of anilines is 2. The Bertz CT molecular complexity index is 519. The Kier molecular flexibility index (Phi) is 2.44. The molecule has 0 spiro atoms. The monoisotopic (exact) mass is 225 g/mol. The van der Waals surface area contributed by atoms with Crippen LogP contribution in [0.4, 0.5) is 11.4 Å². The standard InChI is InChI=1S/C14H15N3/c15-12-5-6-13(16-9-12)10-17-8-7-11-3-1-2-4-14(11)17/h1-6,9H,7-8,10,15H2. The number of pyridine rings is 1. The van der Waals surface area contributed by atoms with Crippen LogP contribution in [0.15, 0.2) is 42.6 Å². The van der Waals surface area contributed by atoms with Crippen molar-refractivity contribution in [2.45, 2.75) is 13.0 Å². The number of hydrogen-bond donors (Lipinski definition) is 1. The summed E-state index contributed by atoms with van der Waals surface area (Å²) in [5.74, 6) is 0. The molecule has 0 atom stereocenters. The van der Waals surface area contributed by atoms with Crippen molar-refractivity contribution in [3.05, 3.63) is 53.9 Å². The number of para-hydroxylation sites is 1. The van der Waals surface area contributed by atoms with E-state index in [0.29, 0.717) is 0 Å². The molecule has 0 radical (unpaired) electrons. The fraction of sp³-hybridized carbons (Fsp3) is 0.214. The smallest absolute Gasteiger partial charge is 0.0602 e. The lowest BCUT2D eigenvalue weighted by atomic mass is 10.2. The summed E-state index contributed by atoms with van der Waals surface area (Å²) in [5.41, 5.74) is 10.2. The number of benzene rings is 1. The highest BCUT2D eigenvalue weighted by atomic mass is 15.2. The molecule has 0 amide bonds. The minimum atomic E-state index is 0.718. The molecule has 1 aromatic heterocycles. The van der Waals surface area contributed by atoms with Gasteiger partial charge in [0.2, 0.25) is 0 Å². The maximum Gasteiger partial charge on any atom is 0.0602 e. The molecule has 1 aromatic carbocycles. The van der Waals surface area contributed by atoms with E-state index in [1.807, 2.05) is 12.1 Å². The summed E-state index contributed by atoms with van der Waals surface area (Å²) < 4.78 is 0. The van der Waals surface area contributed by atoms with E-state index in [9.17, 15) is 0 Å². The van der Waals surface area contributed by atoms with Crippen molar-refractivity contribution in [2.75, 3.05) is 17.2 Å². The van der Waals surface area contributed by atoms with E-state index in [2.05, 4.69) is 34.1 Å². The van der Waals surface area contributed by atoms with Crippen molar-refractivity contribution in [2.24, 2.45) is 0 Å². The van der Waals surface area contributed by atoms with E-state index in [-0.39, 0.29) is 0 Å². The Balaban J connectivity index is 1.81. The maximum atomic E-state index is 5.64. The molecule has 86 valence electrons. The lowest BCUT2D eigenvalue weighted by Crippen LogP contribution is -2.20. The Labute approximate surface area is 101 Å². The van der Waals surface area contributed by atoms with Gasteiger partial charge < -0.3 is 10.6 Å². The first-order chi connectivity index (χ1) is 8.33. The van der Waals surface area contributed by atoms with Crippen LogP contribution >= 0.6 is 0 Å². The van der Waals surface area contributed by atoms with Gasteiger partial charge >= 0.3 is 0 Å². The SMILES string of the molecule is Nc1ccc(CN2CCc3ccccc32)nc1. The molecule has 3 rings (SSSR count). The molecule has 0 aliphatic carbocycles. The van der Waals surface area contributed by atoms with Gasteiger partial charge in [0, 0.05) is 12.2 Å². The van der Waals surface area contributed by atoms with Crippen LogP contribution in [0.2, 0.25) is 0 Å². The van der Waals surface area contributed by atoms with E-state index < -0.39 is 0 Å². The molecule has 2 aromatic rings. The third kappa shape index (κ3) is 1.96. The molecule has 1 aliphatic heterocycles. The number of nitrogen functional groups attached to an aromatic ring is 1. The van der Waals surface area contributed by atoms with Gasteiger partial charge in [0.15, 0.2) is 0 Å². The summed E-state index contributed by atoms with van der Waals surface area (Å²) in [6.07, 6.45) is 2.85. The van der Waals surface area contributed by atoms with Gasteiger partial charge in [-0.25, -0.2) is 0 Å². The van der Waals surface area contributed by atoms with Gasteiger partial charge in [0.25, 0.3) is 0 Å². The molecule has 2 heterocycles. The van der Waals surface area contributed by atoms with Gasteiger partial charge in [0.05, 0.1) is 24.1 Å². The second-order valence-corrected chi connectivity index (χ2v) is 4.38. The second kappa shape index (κ2) is 4.09. The van der Waals surface area contributed by atoms with Gasteiger partial charge in [0.1, 0.15) is 0 Å². The first kappa shape index (κ1) is 10.1. The molecule has 3 nitrogen and oxygen atoms in total. The third-order valence-electron chi connectivity index (χ3n) is 3.18. The normalized spacial score (nSPS) is 13.8. The fourth-order valence-corrected chi connectivity index (χ4v) is 2.30. The molecule has 0 unspecified atom stereocenters. The Morgan fingerprint density at radius 3 is 2.88 bits per heavy atom. The number of nitrogens with two attached hydrogens (primary N) is 1. The maximum absolute atomic E-state index is 5.64. The minimum absolute atomic E-state index is 0.718. The predicted octanol–water partition coefficient (Wildman–Crippen LogP) is 2.23. The van der Waals surface area contributed by atoms with E-state index >= 15 is 0 Å². The quantitative estimate of drug-likeness (QED) is 0.852. The van der Waals surface area contributed by atoms with Gasteiger partial charge in [-0.2, -0.15) is 0 Å². The number of nitrogens with zero attached hydrogens (tertiary/aromatic N) is 2. The van der Waals surface area contributed by atoms with Crippen LogP contribution < -0.4 is 10.6 Å². The molecular formula is C14H15N3. The summed E-state index contributed by atoms with van der Waals surface area (Å²) in [6.45, 7) is 1.93. The van der Waals surface area contributed by atoms with Crippen molar-refractivity contribution in [3.63, 3.8) is 0 Å². The predicted molar refractivity (Wildman–Crippen MR) is 69.8 cm³/mol. The third-order valence-corrected chi connectivity index (χ3v) is 3.18. The number of hydrogen-bond acceptors (Lipinski definition) is 3. The van der Waals surface area contributed by atoms with Crippen molar-refractivity contribution in [1.82, 2.24) is 4.98 Å². The topological polar surface area (TPSA) is 42.1 Å². The zero-order valence-corrected chi connectivity index (χ0v) is 9.63. The summed E-state index contributed by atoms with van der Waals surface area (Å²) in [4.78, 5) is 6.72. The summed E-state index contributed by atoms with van der Waals surface area (Å²) in [6, 6.07) is 12.5. The van der Waals surface area contributed by atoms with Crippen LogP contribution in [-0.2, 0) is 13.0 Å². The Hall–Kier alpha value is -2.03. The lowest BCUT2D eigenvalue weighted by Gasteiger charge is -2.18. The zero-order chi connectivity index (χ0) is 11.7. The van der Waals surface area contributed by atoms with Crippen molar-refractivity contribution < 1.29 is 0 Å². The average molecular weight is 225 g/mol. The molecule has 2 N–H and O–H groups in total. The molecule has 0 saturated carbocycles. The van der Waals surface area contributed by atoms with Crippen molar-refractivity contribution in [3.8, 4) is 0 Å². The molecular weight excluding hydrogens is 210 g/mol. The molecule has 1 aliphatic rings. The van der Waals surface area contributed by atoms with Gasteiger partial charge in [-0.1, -0.05) is 18.2 Å². The zero-order valence-electron chi connectivity index (χ0n) is 9.63. The van der Waals surface area contributed by atoms with Crippen molar-refractivity contribution >= 4 is 11.4 Å². The van der Waals surface area contributed by atoms with E-state index in [0.717, 1.165) is 30.9 Å². The number of rotatable bonds is 2. The molecule has 3 heteroatoms. The van der Waals surface area contributed by atoms with E-state index in [4.69, 9.17) is 5.73 Å². The van der Waals surface area contributed by atoms with Crippen LogP contribution in [-0.4, -0.2) is 11.5 Å². The molecule has 0 bridgehead atoms. The fourth-order valence-electron chi connectivity index (χ4n) is 2.30. The summed E-state index contributed by atoms with van der Waals surface area (Å²) in [7, 11) is 0. The first-order valence-electron chi connectivity index (χ1n) is 5.86. The molecule has 0 saturated heterocycles. The largest absolute Gasteiger partial charge is 0.397 e. The van der Waals surface area contributed by atoms with Gasteiger partial charge in [-0.15, -0.1) is 0 Å². The van der Waals surface area contributed by atoms with Crippen LogP contribution in [0.3, 0.4) is 0 Å². The van der Waals surface area contributed by atoms with E-state index in [1.54, 1.807) is 6.20 Å². The Morgan fingerprint density at radius 2 is 2.06 bits per heavy atom. The highest BCUT2D eigenvalue weighted by Crippen LogP contribution is 2.28. The number of aromatic nitrogens is 1. The minimum Gasteiger partial charge on any atom is -0.397 e. The van der Waals surface area contributed by atoms with Gasteiger partial charge in [-0.3, -0.25) is 4.98 Å².